The molecular weight excluding hydrogens is 243 g/mol. The Morgan fingerprint density at radius 1 is 1.33 bits per heavy atom. The molecule has 0 unspecified atom stereocenters. The van der Waals surface area contributed by atoms with Crippen LogP contribution in [0.25, 0.3) is 0 Å². The van der Waals surface area contributed by atoms with Gasteiger partial charge in [0.1, 0.15) is 0 Å². The molecule has 0 bridgehead atoms. The van der Waals surface area contributed by atoms with Crippen LogP contribution in [-0.2, 0) is 0 Å². The smallest absolute Gasteiger partial charge is 0.314 e. The number of aromatic nitrogens is 1. The second-order valence-corrected chi connectivity index (χ2v) is 4.41. The Bertz CT molecular complexity index is 361. The molecule has 3 nitrogen and oxygen atoms in total. The van der Waals surface area contributed by atoms with Gasteiger partial charge >= 0.3 is 6.18 Å². The lowest BCUT2D eigenvalue weighted by atomic mass is 10.0. The first-order valence-electron chi connectivity index (χ1n) is 5.98. The molecule has 6 heteroatoms. The summed E-state index contributed by atoms with van der Waals surface area (Å²) in [5.41, 5.74) is 0.636. The molecule has 1 aliphatic rings. The number of hydrogen-bond donors (Lipinski definition) is 1. The van der Waals surface area contributed by atoms with Crippen LogP contribution in [0.5, 0.6) is 0 Å². The molecule has 100 valence electrons. The molecule has 0 radical (unpaired) electrons. The second-order valence-electron chi connectivity index (χ2n) is 4.41. The van der Waals surface area contributed by atoms with Crippen LogP contribution in [0.15, 0.2) is 24.5 Å². The minimum atomic E-state index is -4.16. The van der Waals surface area contributed by atoms with E-state index in [1.54, 1.807) is 18.3 Å². The van der Waals surface area contributed by atoms with Crippen molar-refractivity contribution in [3.63, 3.8) is 0 Å². The minimum absolute atomic E-state index is 0.624. The number of halogens is 3. The molecule has 1 saturated heterocycles. The molecule has 18 heavy (non-hydrogen) atoms. The van der Waals surface area contributed by atoms with Gasteiger partial charge in [-0.3, -0.25) is 9.88 Å². The van der Waals surface area contributed by atoms with E-state index in [2.05, 4.69) is 10.3 Å². The molecule has 2 rings (SSSR count). The Morgan fingerprint density at radius 2 is 2.06 bits per heavy atom. The van der Waals surface area contributed by atoms with Crippen LogP contribution in [0, 0.1) is 0 Å². The maximum absolute atomic E-state index is 12.7. The molecule has 1 atom stereocenters. The lowest BCUT2D eigenvalue weighted by Gasteiger charge is -2.35. The molecule has 0 saturated carbocycles. The van der Waals surface area contributed by atoms with Crippen LogP contribution in [0.2, 0.25) is 0 Å². The van der Waals surface area contributed by atoms with Gasteiger partial charge in [0.25, 0.3) is 0 Å². The lowest BCUT2D eigenvalue weighted by molar-refractivity contribution is -0.148. The summed E-state index contributed by atoms with van der Waals surface area (Å²) in [4.78, 5) is 5.80. The summed E-state index contributed by atoms with van der Waals surface area (Å²) < 4.78 is 38.1. The Kier molecular flexibility index (Phi) is 4.19. The van der Waals surface area contributed by atoms with Crippen molar-refractivity contribution in [2.45, 2.75) is 18.6 Å². The fourth-order valence-electron chi connectivity index (χ4n) is 2.24. The average Bonchev–Trinajstić information content (AvgIpc) is 2.37. The average molecular weight is 259 g/mol. The first-order valence-corrected chi connectivity index (χ1v) is 5.98. The third-order valence-electron chi connectivity index (χ3n) is 3.09. The largest absolute Gasteiger partial charge is 0.390 e. The highest BCUT2D eigenvalue weighted by atomic mass is 19.4. The van der Waals surface area contributed by atoms with Crippen molar-refractivity contribution in [2.24, 2.45) is 0 Å². The monoisotopic (exact) mass is 259 g/mol. The van der Waals surface area contributed by atoms with Crippen LogP contribution in [0.1, 0.15) is 18.0 Å². The van der Waals surface area contributed by atoms with Gasteiger partial charge in [-0.05, 0) is 11.6 Å². The van der Waals surface area contributed by atoms with Crippen LogP contribution in [0.4, 0.5) is 13.2 Å². The van der Waals surface area contributed by atoms with E-state index >= 15 is 0 Å². The summed E-state index contributed by atoms with van der Waals surface area (Å²) in [5.74, 6) is 0. The van der Waals surface area contributed by atoms with E-state index in [-0.39, 0.29) is 0 Å². The van der Waals surface area contributed by atoms with Gasteiger partial charge in [-0.15, -0.1) is 0 Å². The van der Waals surface area contributed by atoms with E-state index in [0.717, 1.165) is 13.1 Å². The molecule has 0 spiro atoms. The predicted octanol–water partition coefficient (Wildman–Crippen LogP) is 1.98. The Morgan fingerprint density at radius 3 is 2.61 bits per heavy atom. The fourth-order valence-corrected chi connectivity index (χ4v) is 2.24. The minimum Gasteiger partial charge on any atom is -0.314 e. The Hall–Kier alpha value is -1.14. The molecule has 1 N–H and O–H groups in total. The van der Waals surface area contributed by atoms with Crippen molar-refractivity contribution in [1.29, 1.82) is 0 Å². The summed E-state index contributed by atoms with van der Waals surface area (Å²) in [7, 11) is 0. The zero-order valence-electron chi connectivity index (χ0n) is 9.95. The summed E-state index contributed by atoms with van der Waals surface area (Å²) in [6.07, 6.45) is -1.88. The summed E-state index contributed by atoms with van der Waals surface area (Å²) in [6.45, 7) is 2.73. The number of hydrogen-bond acceptors (Lipinski definition) is 3. The van der Waals surface area contributed by atoms with Crippen molar-refractivity contribution < 1.29 is 13.2 Å². The van der Waals surface area contributed by atoms with Crippen LogP contribution in [0.3, 0.4) is 0 Å². The topological polar surface area (TPSA) is 28.2 Å². The van der Waals surface area contributed by atoms with Crippen LogP contribution in [-0.4, -0.2) is 42.2 Å². The van der Waals surface area contributed by atoms with Gasteiger partial charge in [0.2, 0.25) is 0 Å². The summed E-state index contributed by atoms with van der Waals surface area (Å²) in [5, 5.41) is 3.15. The molecule has 1 fully saturated rings. The quantitative estimate of drug-likeness (QED) is 0.899. The zero-order valence-corrected chi connectivity index (χ0v) is 9.95. The normalized spacial score (nSPS) is 19.7. The van der Waals surface area contributed by atoms with Gasteiger partial charge in [-0.1, -0.05) is 6.07 Å². The van der Waals surface area contributed by atoms with Gasteiger partial charge in [0, 0.05) is 44.6 Å². The van der Waals surface area contributed by atoms with Crippen LogP contribution < -0.4 is 5.32 Å². The van der Waals surface area contributed by atoms with E-state index in [0.29, 0.717) is 18.7 Å². The third-order valence-corrected chi connectivity index (χ3v) is 3.09. The molecular formula is C12H16F3N3. The van der Waals surface area contributed by atoms with Crippen molar-refractivity contribution in [2.75, 3.05) is 26.2 Å². The number of pyridine rings is 1. The van der Waals surface area contributed by atoms with Gasteiger partial charge in [-0.2, -0.15) is 13.2 Å². The zero-order chi connectivity index (χ0) is 13.0. The van der Waals surface area contributed by atoms with Gasteiger partial charge in [0.15, 0.2) is 0 Å². The third kappa shape index (κ3) is 3.68. The standard InChI is InChI=1S/C12H16F3N3/c13-12(14,15)8-11(10-2-1-3-17-9-10)18-6-4-16-5-7-18/h1-3,9,11,16H,4-8H2/t11-/m0/s1. The summed E-state index contributed by atoms with van der Waals surface area (Å²) in [6, 6.07) is 2.77. The van der Waals surface area contributed by atoms with E-state index in [4.69, 9.17) is 0 Å². The van der Waals surface area contributed by atoms with Crippen molar-refractivity contribution in [3.8, 4) is 0 Å². The Labute approximate surface area is 104 Å². The predicted molar refractivity (Wildman–Crippen MR) is 62.1 cm³/mol. The summed E-state index contributed by atoms with van der Waals surface area (Å²) >= 11 is 0. The molecule has 0 aromatic carbocycles. The number of rotatable bonds is 3. The van der Waals surface area contributed by atoms with Gasteiger partial charge in [-0.25, -0.2) is 0 Å². The van der Waals surface area contributed by atoms with E-state index < -0.39 is 18.6 Å². The number of piperazine rings is 1. The molecule has 2 heterocycles. The van der Waals surface area contributed by atoms with Crippen LogP contribution >= 0.6 is 0 Å². The number of nitrogens with zero attached hydrogens (tertiary/aromatic N) is 2. The van der Waals surface area contributed by atoms with E-state index in [9.17, 15) is 13.2 Å². The highest BCUT2D eigenvalue weighted by Gasteiger charge is 2.35. The molecule has 1 aromatic rings. The van der Waals surface area contributed by atoms with Crippen molar-refractivity contribution in [3.05, 3.63) is 30.1 Å². The van der Waals surface area contributed by atoms with E-state index in [1.165, 1.54) is 6.20 Å². The fraction of sp³-hybridized carbons (Fsp3) is 0.583. The molecule has 1 aromatic heterocycles. The van der Waals surface area contributed by atoms with Crippen molar-refractivity contribution >= 4 is 0 Å². The molecule has 0 amide bonds. The highest BCUT2D eigenvalue weighted by molar-refractivity contribution is 5.14. The van der Waals surface area contributed by atoms with Gasteiger partial charge in [0.05, 0.1) is 6.42 Å². The molecule has 0 aliphatic carbocycles. The maximum Gasteiger partial charge on any atom is 0.390 e. The number of alkyl halides is 3. The maximum atomic E-state index is 12.7. The van der Waals surface area contributed by atoms with E-state index in [1.807, 2.05) is 4.90 Å². The first-order chi connectivity index (χ1) is 8.56. The SMILES string of the molecule is FC(F)(F)C[C@@H](c1cccnc1)N1CCNCC1. The van der Waals surface area contributed by atoms with Gasteiger partial charge < -0.3 is 5.32 Å². The first kappa shape index (κ1) is 13.3. The molecule has 1 aliphatic heterocycles. The highest BCUT2D eigenvalue weighted by Crippen LogP contribution is 2.33. The number of nitrogens with one attached hydrogen (secondary N) is 1. The van der Waals surface area contributed by atoms with Crippen molar-refractivity contribution in [1.82, 2.24) is 15.2 Å². The Balaban J connectivity index is 2.17. The lowest BCUT2D eigenvalue weighted by Crippen LogP contribution is -2.46. The second kappa shape index (κ2) is 5.67.